The Morgan fingerprint density at radius 2 is 1.90 bits per heavy atom. The van der Waals surface area contributed by atoms with Crippen LogP contribution in [0.5, 0.6) is 0 Å². The molecule has 0 aromatic carbocycles. The van der Waals surface area contributed by atoms with Gasteiger partial charge in [-0.15, -0.1) is 0 Å². The summed E-state index contributed by atoms with van der Waals surface area (Å²) >= 11 is 0. The molecule has 0 aliphatic heterocycles. The zero-order valence-electron chi connectivity index (χ0n) is 12.7. The van der Waals surface area contributed by atoms with E-state index in [9.17, 15) is 9.59 Å². The lowest BCUT2D eigenvalue weighted by Crippen LogP contribution is -2.46. The van der Waals surface area contributed by atoms with Crippen LogP contribution in [0, 0.1) is 0 Å². The van der Waals surface area contributed by atoms with Gasteiger partial charge in [-0.1, -0.05) is 0 Å². The minimum absolute atomic E-state index is 0.0945. The molecule has 0 saturated carbocycles. The van der Waals surface area contributed by atoms with E-state index in [0.29, 0.717) is 19.7 Å². The van der Waals surface area contributed by atoms with Crippen molar-refractivity contribution in [2.45, 2.75) is 25.3 Å². The van der Waals surface area contributed by atoms with Crippen molar-refractivity contribution in [2.75, 3.05) is 47.4 Å². The maximum Gasteiger partial charge on any atom is 0.303 e. The van der Waals surface area contributed by atoms with Gasteiger partial charge < -0.3 is 25.4 Å². The second kappa shape index (κ2) is 10.6. The summed E-state index contributed by atoms with van der Waals surface area (Å²) in [6.07, 6.45) is 0.905. The van der Waals surface area contributed by atoms with Gasteiger partial charge in [0.15, 0.2) is 0 Å². The number of carbonyl (C=O) groups is 2. The Bertz CT molecular complexity index is 297. The predicted octanol–water partition coefficient (Wildman–Crippen LogP) is -0.395. The molecule has 1 amide bonds. The largest absolute Gasteiger partial charge is 0.481 e. The van der Waals surface area contributed by atoms with Crippen LogP contribution in [0.15, 0.2) is 0 Å². The summed E-state index contributed by atoms with van der Waals surface area (Å²) in [6, 6.07) is -0.762. The number of methoxy groups -OCH3 is 1. The average molecular weight is 289 g/mol. The molecule has 0 bridgehead atoms. The summed E-state index contributed by atoms with van der Waals surface area (Å²) in [7, 11) is 5.52. The topological polar surface area (TPSA) is 96.1 Å². The summed E-state index contributed by atoms with van der Waals surface area (Å²) in [6.45, 7) is 2.39. The first-order valence-electron chi connectivity index (χ1n) is 6.78. The maximum absolute atomic E-state index is 12.2. The van der Waals surface area contributed by atoms with Crippen LogP contribution in [-0.4, -0.2) is 80.3 Å². The van der Waals surface area contributed by atoms with Crippen LogP contribution in [0.4, 0.5) is 0 Å². The molecular formula is C13H27N3O4. The van der Waals surface area contributed by atoms with Crippen molar-refractivity contribution in [1.82, 2.24) is 9.80 Å². The molecule has 1 unspecified atom stereocenters. The highest BCUT2D eigenvalue weighted by Gasteiger charge is 2.21. The third-order valence-electron chi connectivity index (χ3n) is 2.90. The minimum atomic E-state index is -0.940. The number of carboxylic acids is 1. The fraction of sp³-hybridized carbons (Fsp3) is 0.846. The molecule has 0 fully saturated rings. The number of hydrogen-bond donors (Lipinski definition) is 2. The van der Waals surface area contributed by atoms with Crippen LogP contribution in [0.1, 0.15) is 19.3 Å². The molecule has 0 aliphatic rings. The number of nitrogens with two attached hydrogens (primary N) is 1. The first-order chi connectivity index (χ1) is 9.38. The van der Waals surface area contributed by atoms with Crippen LogP contribution >= 0.6 is 0 Å². The van der Waals surface area contributed by atoms with E-state index in [0.717, 1.165) is 13.0 Å². The Morgan fingerprint density at radius 1 is 1.25 bits per heavy atom. The molecule has 7 heteroatoms. The number of nitrogens with zero attached hydrogens (tertiary/aromatic N) is 2. The number of carboxylic acid groups (broad SMARTS) is 1. The Balaban J connectivity index is 4.34. The Morgan fingerprint density at radius 3 is 2.40 bits per heavy atom. The molecule has 0 aromatic rings. The van der Waals surface area contributed by atoms with E-state index < -0.39 is 12.0 Å². The second-order valence-electron chi connectivity index (χ2n) is 5.01. The van der Waals surface area contributed by atoms with Crippen molar-refractivity contribution in [3.63, 3.8) is 0 Å². The normalized spacial score (nSPS) is 12.4. The molecule has 0 rings (SSSR count). The summed E-state index contributed by atoms with van der Waals surface area (Å²) in [4.78, 5) is 26.4. The van der Waals surface area contributed by atoms with Crippen molar-refractivity contribution in [2.24, 2.45) is 5.73 Å². The van der Waals surface area contributed by atoms with Crippen LogP contribution in [-0.2, 0) is 14.3 Å². The standard InChI is InChI=1S/C13H27N3O4/c1-15(2)7-4-8-16(9-10-20-3)13(19)11(14)5-6-12(17)18/h11H,4-10,14H2,1-3H3,(H,17,18). The van der Waals surface area contributed by atoms with E-state index in [1.54, 1.807) is 12.0 Å². The van der Waals surface area contributed by atoms with Gasteiger partial charge in [0.2, 0.25) is 5.91 Å². The lowest BCUT2D eigenvalue weighted by molar-refractivity contribution is -0.137. The Labute approximate surface area is 120 Å². The van der Waals surface area contributed by atoms with Crippen molar-refractivity contribution in [3.8, 4) is 0 Å². The molecular weight excluding hydrogens is 262 g/mol. The molecule has 1 atom stereocenters. The fourth-order valence-electron chi connectivity index (χ4n) is 1.75. The molecule has 3 N–H and O–H groups in total. The zero-order valence-corrected chi connectivity index (χ0v) is 12.7. The molecule has 20 heavy (non-hydrogen) atoms. The third kappa shape index (κ3) is 8.84. The van der Waals surface area contributed by atoms with Crippen LogP contribution in [0.3, 0.4) is 0 Å². The SMILES string of the molecule is COCCN(CCCN(C)C)C(=O)C(N)CCC(=O)O. The van der Waals surface area contributed by atoms with Crippen molar-refractivity contribution >= 4 is 11.9 Å². The van der Waals surface area contributed by atoms with Gasteiger partial charge in [0.05, 0.1) is 12.6 Å². The smallest absolute Gasteiger partial charge is 0.303 e. The predicted molar refractivity (Wildman–Crippen MR) is 76.5 cm³/mol. The summed E-state index contributed by atoms with van der Waals surface area (Å²) in [5.74, 6) is -1.15. The fourth-order valence-corrected chi connectivity index (χ4v) is 1.75. The number of aliphatic carboxylic acids is 1. The highest BCUT2D eigenvalue weighted by atomic mass is 16.5. The van der Waals surface area contributed by atoms with E-state index >= 15 is 0 Å². The summed E-state index contributed by atoms with van der Waals surface area (Å²) in [5.41, 5.74) is 5.76. The van der Waals surface area contributed by atoms with Crippen LogP contribution in [0.25, 0.3) is 0 Å². The highest BCUT2D eigenvalue weighted by Crippen LogP contribution is 2.02. The van der Waals surface area contributed by atoms with Gasteiger partial charge in [0, 0.05) is 26.6 Å². The van der Waals surface area contributed by atoms with Gasteiger partial charge in [-0.25, -0.2) is 0 Å². The van der Waals surface area contributed by atoms with Gasteiger partial charge in [-0.05, 0) is 33.5 Å². The monoisotopic (exact) mass is 289 g/mol. The van der Waals surface area contributed by atoms with E-state index in [4.69, 9.17) is 15.6 Å². The highest BCUT2D eigenvalue weighted by molar-refractivity contribution is 5.82. The van der Waals surface area contributed by atoms with E-state index in [2.05, 4.69) is 0 Å². The number of hydrogen-bond acceptors (Lipinski definition) is 5. The first-order valence-corrected chi connectivity index (χ1v) is 6.78. The quantitative estimate of drug-likeness (QED) is 0.537. The van der Waals surface area contributed by atoms with Gasteiger partial charge in [0.25, 0.3) is 0 Å². The molecule has 7 nitrogen and oxygen atoms in total. The van der Waals surface area contributed by atoms with Crippen molar-refractivity contribution in [3.05, 3.63) is 0 Å². The Kier molecular flexibility index (Phi) is 9.96. The molecule has 0 heterocycles. The van der Waals surface area contributed by atoms with Gasteiger partial charge in [0.1, 0.15) is 0 Å². The summed E-state index contributed by atoms with van der Waals surface area (Å²) in [5, 5.41) is 8.62. The minimum Gasteiger partial charge on any atom is -0.481 e. The number of amides is 1. The van der Waals surface area contributed by atoms with Gasteiger partial charge in [-0.2, -0.15) is 0 Å². The third-order valence-corrected chi connectivity index (χ3v) is 2.90. The number of carbonyl (C=O) groups excluding carboxylic acids is 1. The molecule has 0 radical (unpaired) electrons. The second-order valence-corrected chi connectivity index (χ2v) is 5.01. The number of rotatable bonds is 11. The van der Waals surface area contributed by atoms with E-state index in [-0.39, 0.29) is 18.7 Å². The van der Waals surface area contributed by atoms with E-state index in [1.807, 2.05) is 19.0 Å². The van der Waals surface area contributed by atoms with Gasteiger partial charge >= 0.3 is 5.97 Å². The molecule has 0 spiro atoms. The lowest BCUT2D eigenvalue weighted by atomic mass is 10.1. The zero-order chi connectivity index (χ0) is 15.5. The summed E-state index contributed by atoms with van der Waals surface area (Å²) < 4.78 is 4.99. The van der Waals surface area contributed by atoms with Crippen LogP contribution < -0.4 is 5.73 Å². The lowest BCUT2D eigenvalue weighted by Gasteiger charge is -2.26. The first kappa shape index (κ1) is 18.8. The van der Waals surface area contributed by atoms with E-state index in [1.165, 1.54) is 0 Å². The Hall–Kier alpha value is -1.18. The molecule has 0 aliphatic carbocycles. The molecule has 118 valence electrons. The molecule has 0 saturated heterocycles. The average Bonchev–Trinajstić information content (AvgIpc) is 2.38. The molecule has 0 aromatic heterocycles. The maximum atomic E-state index is 12.2. The van der Waals surface area contributed by atoms with Gasteiger partial charge in [-0.3, -0.25) is 9.59 Å². The van der Waals surface area contributed by atoms with Crippen molar-refractivity contribution in [1.29, 1.82) is 0 Å². The van der Waals surface area contributed by atoms with Crippen molar-refractivity contribution < 1.29 is 19.4 Å². The van der Waals surface area contributed by atoms with Crippen LogP contribution in [0.2, 0.25) is 0 Å². The number of ether oxygens (including phenoxy) is 1.